The van der Waals surface area contributed by atoms with Gasteiger partial charge in [0.25, 0.3) is 0 Å². The molecule has 0 aliphatic heterocycles. The fraction of sp³-hybridized carbons (Fsp3) is 0.636. The zero-order valence-electron chi connectivity index (χ0n) is 8.58. The first kappa shape index (κ1) is 11.4. The van der Waals surface area contributed by atoms with Crippen LogP contribution in [-0.4, -0.2) is 23.8 Å². The van der Waals surface area contributed by atoms with Gasteiger partial charge in [0.1, 0.15) is 0 Å². The van der Waals surface area contributed by atoms with Gasteiger partial charge >= 0.3 is 0 Å². The second-order valence-corrected chi connectivity index (χ2v) is 5.81. The van der Waals surface area contributed by atoms with Crippen molar-refractivity contribution in [1.29, 1.82) is 0 Å². The van der Waals surface area contributed by atoms with Gasteiger partial charge in [0.15, 0.2) is 0 Å². The maximum absolute atomic E-state index is 9.61. The summed E-state index contributed by atoms with van der Waals surface area (Å²) in [6.07, 6.45) is 4.05. The number of nitrogens with one attached hydrogen (secondary N) is 1. The Hall–Kier alpha value is -0.0900. The zero-order valence-corrected chi connectivity index (χ0v) is 10.2. The normalized spacial score (nSPS) is 26.0. The van der Waals surface area contributed by atoms with Gasteiger partial charge in [-0.15, -0.1) is 11.3 Å². The van der Waals surface area contributed by atoms with Crippen molar-refractivity contribution < 1.29 is 5.11 Å². The fourth-order valence-electron chi connectivity index (χ4n) is 2.05. The topological polar surface area (TPSA) is 32.3 Å². The van der Waals surface area contributed by atoms with Crippen LogP contribution in [0.3, 0.4) is 0 Å². The van der Waals surface area contributed by atoms with Gasteiger partial charge in [-0.25, -0.2) is 0 Å². The molecule has 2 rings (SSSR count). The first-order valence-electron chi connectivity index (χ1n) is 5.41. The van der Waals surface area contributed by atoms with Crippen LogP contribution in [0.15, 0.2) is 12.1 Å². The second kappa shape index (κ2) is 5.30. The number of thiophene rings is 1. The first-order chi connectivity index (χ1) is 7.25. The van der Waals surface area contributed by atoms with Crippen LogP contribution in [0.2, 0.25) is 4.34 Å². The monoisotopic (exact) mass is 245 g/mol. The maximum atomic E-state index is 9.61. The van der Waals surface area contributed by atoms with Gasteiger partial charge in [0.05, 0.1) is 10.4 Å². The summed E-state index contributed by atoms with van der Waals surface area (Å²) in [5.41, 5.74) is 0. The molecular weight excluding hydrogens is 230 g/mol. The summed E-state index contributed by atoms with van der Waals surface area (Å²) in [5, 5.41) is 13.0. The lowest BCUT2D eigenvalue weighted by molar-refractivity contribution is 0.149. The number of rotatable bonds is 4. The summed E-state index contributed by atoms with van der Waals surface area (Å²) >= 11 is 7.48. The predicted molar refractivity (Wildman–Crippen MR) is 64.7 cm³/mol. The third-order valence-corrected chi connectivity index (χ3v) is 4.18. The van der Waals surface area contributed by atoms with Crippen molar-refractivity contribution in [3.8, 4) is 0 Å². The van der Waals surface area contributed by atoms with E-state index in [1.165, 1.54) is 4.88 Å². The van der Waals surface area contributed by atoms with Crippen molar-refractivity contribution in [2.45, 2.75) is 37.8 Å². The number of halogens is 1. The van der Waals surface area contributed by atoms with Gasteiger partial charge in [0, 0.05) is 17.5 Å². The Bertz CT molecular complexity index is 315. The minimum absolute atomic E-state index is 0.142. The van der Waals surface area contributed by atoms with Crippen molar-refractivity contribution in [1.82, 2.24) is 5.32 Å². The average molecular weight is 246 g/mol. The molecule has 2 N–H and O–H groups in total. The fourth-order valence-corrected chi connectivity index (χ4v) is 3.13. The predicted octanol–water partition coefficient (Wildman–Crippen LogP) is 2.45. The largest absolute Gasteiger partial charge is 0.392 e. The zero-order chi connectivity index (χ0) is 10.7. The van der Waals surface area contributed by atoms with Crippen molar-refractivity contribution >= 4 is 22.9 Å². The van der Waals surface area contributed by atoms with Gasteiger partial charge in [0.2, 0.25) is 0 Å². The molecule has 0 spiro atoms. The average Bonchev–Trinajstić information content (AvgIpc) is 2.77. The molecule has 0 saturated heterocycles. The third-order valence-electron chi connectivity index (χ3n) is 2.89. The molecule has 1 aromatic heterocycles. The molecule has 2 atom stereocenters. The molecule has 0 amide bonds. The highest BCUT2D eigenvalue weighted by atomic mass is 35.5. The molecular formula is C11H16ClNOS. The number of aliphatic hydroxyl groups is 1. The molecule has 1 fully saturated rings. The second-order valence-electron chi connectivity index (χ2n) is 4.01. The highest BCUT2D eigenvalue weighted by molar-refractivity contribution is 7.16. The minimum Gasteiger partial charge on any atom is -0.392 e. The quantitative estimate of drug-likeness (QED) is 0.854. The summed E-state index contributed by atoms with van der Waals surface area (Å²) in [5.74, 6) is 0. The SMILES string of the molecule is O[C@H]1CCC[C@@H]1NCCc1ccc(Cl)s1. The summed E-state index contributed by atoms with van der Waals surface area (Å²) in [6, 6.07) is 4.31. The van der Waals surface area contributed by atoms with Gasteiger partial charge in [-0.3, -0.25) is 0 Å². The van der Waals surface area contributed by atoms with Gasteiger partial charge in [-0.05, 0) is 37.8 Å². The van der Waals surface area contributed by atoms with E-state index in [-0.39, 0.29) is 6.10 Å². The smallest absolute Gasteiger partial charge is 0.0931 e. The standard InChI is InChI=1S/C11H16ClNOS/c12-11-5-4-8(15-11)6-7-13-9-2-1-3-10(9)14/h4-5,9-10,13-14H,1-3,6-7H2/t9-,10-/m0/s1. The Labute approximate surface area is 99.3 Å². The molecule has 0 radical (unpaired) electrons. The van der Waals surface area contributed by atoms with Crippen LogP contribution in [0.25, 0.3) is 0 Å². The van der Waals surface area contributed by atoms with Crippen molar-refractivity contribution in [2.24, 2.45) is 0 Å². The number of hydrogen-bond donors (Lipinski definition) is 2. The van der Waals surface area contributed by atoms with Crippen LogP contribution < -0.4 is 5.32 Å². The Morgan fingerprint density at radius 2 is 2.33 bits per heavy atom. The van der Waals surface area contributed by atoms with Crippen molar-refractivity contribution in [3.05, 3.63) is 21.3 Å². The molecule has 0 bridgehead atoms. The van der Waals surface area contributed by atoms with E-state index in [4.69, 9.17) is 11.6 Å². The van der Waals surface area contributed by atoms with E-state index < -0.39 is 0 Å². The van der Waals surface area contributed by atoms with E-state index in [0.29, 0.717) is 6.04 Å². The van der Waals surface area contributed by atoms with Crippen LogP contribution in [0.1, 0.15) is 24.1 Å². The molecule has 2 nitrogen and oxygen atoms in total. The highest BCUT2D eigenvalue weighted by Crippen LogP contribution is 2.22. The Morgan fingerprint density at radius 3 is 2.93 bits per heavy atom. The van der Waals surface area contributed by atoms with Crippen LogP contribution in [0, 0.1) is 0 Å². The van der Waals surface area contributed by atoms with E-state index in [1.54, 1.807) is 11.3 Å². The summed E-state index contributed by atoms with van der Waals surface area (Å²) in [4.78, 5) is 1.31. The summed E-state index contributed by atoms with van der Waals surface area (Å²) in [6.45, 7) is 0.929. The summed E-state index contributed by atoms with van der Waals surface area (Å²) < 4.78 is 0.853. The van der Waals surface area contributed by atoms with E-state index >= 15 is 0 Å². The molecule has 1 heterocycles. The Morgan fingerprint density at radius 1 is 1.47 bits per heavy atom. The van der Waals surface area contributed by atoms with Crippen LogP contribution in [-0.2, 0) is 6.42 Å². The van der Waals surface area contributed by atoms with Crippen LogP contribution >= 0.6 is 22.9 Å². The number of aliphatic hydroxyl groups excluding tert-OH is 1. The van der Waals surface area contributed by atoms with E-state index in [9.17, 15) is 5.11 Å². The Kier molecular flexibility index (Phi) is 4.03. The number of hydrogen-bond acceptors (Lipinski definition) is 3. The van der Waals surface area contributed by atoms with Crippen molar-refractivity contribution in [3.63, 3.8) is 0 Å². The van der Waals surface area contributed by atoms with Gasteiger partial charge in [-0.1, -0.05) is 11.6 Å². The molecule has 15 heavy (non-hydrogen) atoms. The van der Waals surface area contributed by atoms with Crippen molar-refractivity contribution in [2.75, 3.05) is 6.54 Å². The molecule has 0 aromatic carbocycles. The molecule has 1 saturated carbocycles. The lowest BCUT2D eigenvalue weighted by atomic mass is 10.2. The lowest BCUT2D eigenvalue weighted by Crippen LogP contribution is -2.36. The molecule has 1 aliphatic carbocycles. The molecule has 0 unspecified atom stereocenters. The summed E-state index contributed by atoms with van der Waals surface area (Å²) in [7, 11) is 0. The third kappa shape index (κ3) is 3.18. The maximum Gasteiger partial charge on any atom is 0.0931 e. The minimum atomic E-state index is -0.142. The molecule has 1 aromatic rings. The molecule has 84 valence electrons. The van der Waals surface area contributed by atoms with Crippen LogP contribution in [0.5, 0.6) is 0 Å². The first-order valence-corrected chi connectivity index (χ1v) is 6.61. The Balaban J connectivity index is 1.70. The van der Waals surface area contributed by atoms with E-state index in [0.717, 1.165) is 36.6 Å². The highest BCUT2D eigenvalue weighted by Gasteiger charge is 2.23. The van der Waals surface area contributed by atoms with Gasteiger partial charge < -0.3 is 10.4 Å². The van der Waals surface area contributed by atoms with Crippen LogP contribution in [0.4, 0.5) is 0 Å². The van der Waals surface area contributed by atoms with E-state index in [2.05, 4.69) is 11.4 Å². The molecule has 1 aliphatic rings. The molecule has 4 heteroatoms. The van der Waals surface area contributed by atoms with Gasteiger partial charge in [-0.2, -0.15) is 0 Å². The van der Waals surface area contributed by atoms with E-state index in [1.807, 2.05) is 6.07 Å². The lowest BCUT2D eigenvalue weighted by Gasteiger charge is -2.15.